The van der Waals surface area contributed by atoms with Gasteiger partial charge < -0.3 is 10.2 Å². The van der Waals surface area contributed by atoms with Crippen LogP contribution in [0.25, 0.3) is 0 Å². The van der Waals surface area contributed by atoms with Crippen LogP contribution in [0.15, 0.2) is 0 Å². The lowest BCUT2D eigenvalue weighted by atomic mass is 9.74. The van der Waals surface area contributed by atoms with Gasteiger partial charge in [0.1, 0.15) is 0 Å². The van der Waals surface area contributed by atoms with Gasteiger partial charge in [0.25, 0.3) is 0 Å². The molecule has 0 aromatic carbocycles. The maximum absolute atomic E-state index is 12.9. The van der Waals surface area contributed by atoms with Gasteiger partial charge in [-0.05, 0) is 45.2 Å². The molecule has 0 unspecified atom stereocenters. The van der Waals surface area contributed by atoms with Crippen molar-refractivity contribution in [2.75, 3.05) is 26.2 Å². The summed E-state index contributed by atoms with van der Waals surface area (Å²) in [5, 5.41) is 3.38. The Morgan fingerprint density at radius 3 is 2.06 bits per heavy atom. The fourth-order valence-corrected chi connectivity index (χ4v) is 3.14. The smallest absolute Gasteiger partial charge is 0.228 e. The standard InChI is InChI=1S/C15H30N2O/c1-4-7-15(8-10-16-11-9-15)14(18)17(12-5-2)13-6-3/h16H,4-13H2,1-3H3. The number of rotatable bonds is 7. The highest BCUT2D eigenvalue weighted by atomic mass is 16.2. The lowest BCUT2D eigenvalue weighted by Gasteiger charge is -2.40. The molecule has 1 aliphatic rings. The summed E-state index contributed by atoms with van der Waals surface area (Å²) < 4.78 is 0. The molecule has 0 bridgehead atoms. The lowest BCUT2D eigenvalue weighted by Crippen LogP contribution is -2.49. The van der Waals surface area contributed by atoms with Crippen LogP contribution in [0.3, 0.4) is 0 Å². The first-order valence-electron chi connectivity index (χ1n) is 7.70. The summed E-state index contributed by atoms with van der Waals surface area (Å²) in [7, 11) is 0. The molecule has 1 aliphatic heterocycles. The monoisotopic (exact) mass is 254 g/mol. The molecule has 1 heterocycles. The van der Waals surface area contributed by atoms with E-state index in [4.69, 9.17) is 0 Å². The van der Waals surface area contributed by atoms with Crippen LogP contribution in [0.5, 0.6) is 0 Å². The zero-order valence-corrected chi connectivity index (χ0v) is 12.4. The molecule has 1 rings (SSSR count). The predicted molar refractivity (Wildman–Crippen MR) is 76.6 cm³/mol. The first-order valence-corrected chi connectivity index (χ1v) is 7.70. The Hall–Kier alpha value is -0.570. The minimum Gasteiger partial charge on any atom is -0.342 e. The van der Waals surface area contributed by atoms with E-state index < -0.39 is 0 Å². The van der Waals surface area contributed by atoms with Gasteiger partial charge in [-0.3, -0.25) is 4.79 Å². The molecule has 0 aromatic rings. The molecule has 0 aliphatic carbocycles. The number of nitrogens with one attached hydrogen (secondary N) is 1. The number of piperidine rings is 1. The van der Waals surface area contributed by atoms with Crippen molar-refractivity contribution in [1.29, 1.82) is 0 Å². The van der Waals surface area contributed by atoms with E-state index in [9.17, 15) is 4.79 Å². The number of amides is 1. The minimum absolute atomic E-state index is 0.0651. The van der Waals surface area contributed by atoms with Crippen LogP contribution >= 0.6 is 0 Å². The van der Waals surface area contributed by atoms with Crippen LogP contribution < -0.4 is 5.32 Å². The van der Waals surface area contributed by atoms with E-state index in [0.717, 1.165) is 64.7 Å². The summed E-state index contributed by atoms with van der Waals surface area (Å²) in [6.45, 7) is 10.4. The predicted octanol–water partition coefficient (Wildman–Crippen LogP) is 2.80. The van der Waals surface area contributed by atoms with Crippen molar-refractivity contribution in [3.8, 4) is 0 Å². The normalized spacial score (nSPS) is 18.6. The van der Waals surface area contributed by atoms with Gasteiger partial charge in [-0.25, -0.2) is 0 Å². The molecular weight excluding hydrogens is 224 g/mol. The first-order chi connectivity index (χ1) is 8.70. The highest BCUT2D eigenvalue weighted by molar-refractivity contribution is 5.83. The van der Waals surface area contributed by atoms with Gasteiger partial charge in [-0.1, -0.05) is 27.2 Å². The van der Waals surface area contributed by atoms with Crippen molar-refractivity contribution in [3.05, 3.63) is 0 Å². The Labute approximate surface area is 112 Å². The van der Waals surface area contributed by atoms with Crippen LogP contribution in [0.4, 0.5) is 0 Å². The van der Waals surface area contributed by atoms with Crippen molar-refractivity contribution in [2.24, 2.45) is 5.41 Å². The molecule has 3 heteroatoms. The fourth-order valence-electron chi connectivity index (χ4n) is 3.14. The average Bonchev–Trinajstić information content (AvgIpc) is 2.39. The Morgan fingerprint density at radius 2 is 1.61 bits per heavy atom. The highest BCUT2D eigenvalue weighted by Crippen LogP contribution is 2.36. The van der Waals surface area contributed by atoms with Crippen LogP contribution in [0, 0.1) is 5.41 Å². The van der Waals surface area contributed by atoms with E-state index in [0.29, 0.717) is 5.91 Å². The van der Waals surface area contributed by atoms with Crippen LogP contribution in [-0.2, 0) is 4.79 Å². The highest BCUT2D eigenvalue weighted by Gasteiger charge is 2.40. The van der Waals surface area contributed by atoms with Crippen molar-refractivity contribution in [1.82, 2.24) is 10.2 Å². The maximum atomic E-state index is 12.9. The second-order valence-electron chi connectivity index (χ2n) is 5.57. The Kier molecular flexibility index (Phi) is 6.69. The molecule has 0 radical (unpaired) electrons. The Bertz CT molecular complexity index is 235. The molecule has 1 amide bonds. The Morgan fingerprint density at radius 1 is 1.06 bits per heavy atom. The zero-order chi connectivity index (χ0) is 13.4. The van der Waals surface area contributed by atoms with Gasteiger partial charge in [0.15, 0.2) is 0 Å². The third-order valence-corrected chi connectivity index (χ3v) is 4.02. The van der Waals surface area contributed by atoms with E-state index in [2.05, 4.69) is 31.0 Å². The average molecular weight is 254 g/mol. The molecule has 1 fully saturated rings. The molecule has 1 N–H and O–H groups in total. The van der Waals surface area contributed by atoms with Crippen LogP contribution in [0.2, 0.25) is 0 Å². The molecule has 0 aromatic heterocycles. The topological polar surface area (TPSA) is 32.3 Å². The van der Waals surface area contributed by atoms with Crippen LogP contribution in [0.1, 0.15) is 59.3 Å². The van der Waals surface area contributed by atoms with Gasteiger partial charge >= 0.3 is 0 Å². The minimum atomic E-state index is -0.0651. The molecule has 0 atom stereocenters. The van der Waals surface area contributed by atoms with Gasteiger partial charge in [0.05, 0.1) is 5.41 Å². The summed E-state index contributed by atoms with van der Waals surface area (Å²) in [6.07, 6.45) is 6.32. The number of hydrogen-bond acceptors (Lipinski definition) is 2. The third kappa shape index (κ3) is 3.71. The number of carbonyl (C=O) groups is 1. The second kappa shape index (κ2) is 7.78. The van der Waals surface area contributed by atoms with E-state index in [1.165, 1.54) is 0 Å². The van der Waals surface area contributed by atoms with E-state index in [1.807, 2.05) is 0 Å². The summed E-state index contributed by atoms with van der Waals surface area (Å²) in [5.74, 6) is 0.426. The molecule has 3 nitrogen and oxygen atoms in total. The van der Waals surface area contributed by atoms with E-state index in [1.54, 1.807) is 0 Å². The van der Waals surface area contributed by atoms with Crippen molar-refractivity contribution >= 4 is 5.91 Å². The van der Waals surface area contributed by atoms with Gasteiger partial charge in [0, 0.05) is 13.1 Å². The number of carbonyl (C=O) groups excluding carboxylic acids is 1. The third-order valence-electron chi connectivity index (χ3n) is 4.02. The quantitative estimate of drug-likeness (QED) is 0.757. The summed E-state index contributed by atoms with van der Waals surface area (Å²) in [5.41, 5.74) is -0.0651. The van der Waals surface area contributed by atoms with Crippen molar-refractivity contribution < 1.29 is 4.79 Å². The fraction of sp³-hybridized carbons (Fsp3) is 0.933. The Balaban J connectivity index is 2.78. The first kappa shape index (κ1) is 15.5. The van der Waals surface area contributed by atoms with Gasteiger partial charge in [-0.15, -0.1) is 0 Å². The molecular formula is C15H30N2O. The zero-order valence-electron chi connectivity index (χ0n) is 12.4. The van der Waals surface area contributed by atoms with E-state index >= 15 is 0 Å². The molecule has 0 saturated carbocycles. The molecule has 106 valence electrons. The SMILES string of the molecule is CCCN(CCC)C(=O)C1(CCC)CCNCC1. The largest absolute Gasteiger partial charge is 0.342 e. The van der Waals surface area contributed by atoms with Gasteiger partial charge in [0.2, 0.25) is 5.91 Å². The molecule has 18 heavy (non-hydrogen) atoms. The number of hydrogen-bond donors (Lipinski definition) is 1. The lowest BCUT2D eigenvalue weighted by molar-refractivity contribution is -0.144. The molecule has 0 spiro atoms. The molecule has 1 saturated heterocycles. The van der Waals surface area contributed by atoms with Crippen molar-refractivity contribution in [3.63, 3.8) is 0 Å². The van der Waals surface area contributed by atoms with Crippen molar-refractivity contribution in [2.45, 2.75) is 59.3 Å². The second-order valence-corrected chi connectivity index (χ2v) is 5.57. The van der Waals surface area contributed by atoms with Gasteiger partial charge in [-0.2, -0.15) is 0 Å². The summed E-state index contributed by atoms with van der Waals surface area (Å²) in [4.78, 5) is 15.0. The summed E-state index contributed by atoms with van der Waals surface area (Å²) in [6, 6.07) is 0. The van der Waals surface area contributed by atoms with Crippen LogP contribution in [-0.4, -0.2) is 37.0 Å². The number of nitrogens with zero attached hydrogens (tertiary/aromatic N) is 1. The van der Waals surface area contributed by atoms with E-state index in [-0.39, 0.29) is 5.41 Å². The summed E-state index contributed by atoms with van der Waals surface area (Å²) >= 11 is 0. The maximum Gasteiger partial charge on any atom is 0.228 e.